The standard InChI is InChI=1S/C15H29N/c1-3-5-12-15(16-4-2)13-14-10-8-6-7-9-11-14/h3,14-16H,1,4-13H2,2H3. The molecule has 0 aromatic carbocycles. The zero-order valence-electron chi connectivity index (χ0n) is 11.0. The van der Waals surface area contributed by atoms with Crippen LogP contribution < -0.4 is 5.32 Å². The Morgan fingerprint density at radius 1 is 1.25 bits per heavy atom. The highest BCUT2D eigenvalue weighted by molar-refractivity contribution is 4.77. The Bertz CT molecular complexity index is 168. The molecule has 0 aliphatic heterocycles. The summed E-state index contributed by atoms with van der Waals surface area (Å²) in [6.07, 6.45) is 14.7. The van der Waals surface area contributed by atoms with E-state index in [4.69, 9.17) is 0 Å². The van der Waals surface area contributed by atoms with Crippen LogP contribution in [0.4, 0.5) is 0 Å². The molecule has 1 aliphatic rings. The van der Waals surface area contributed by atoms with E-state index in [-0.39, 0.29) is 0 Å². The minimum Gasteiger partial charge on any atom is -0.314 e. The molecule has 0 aromatic rings. The fourth-order valence-electron chi connectivity index (χ4n) is 2.91. The molecular weight excluding hydrogens is 194 g/mol. The van der Waals surface area contributed by atoms with Crippen LogP contribution in [0.5, 0.6) is 0 Å². The summed E-state index contributed by atoms with van der Waals surface area (Å²) in [4.78, 5) is 0. The van der Waals surface area contributed by atoms with E-state index in [9.17, 15) is 0 Å². The first-order valence-electron chi connectivity index (χ1n) is 7.21. The molecule has 1 saturated carbocycles. The van der Waals surface area contributed by atoms with Crippen LogP contribution in [0, 0.1) is 5.92 Å². The number of nitrogens with one attached hydrogen (secondary N) is 1. The van der Waals surface area contributed by atoms with Gasteiger partial charge in [-0.05, 0) is 31.7 Å². The topological polar surface area (TPSA) is 12.0 Å². The Hall–Kier alpha value is -0.300. The third kappa shape index (κ3) is 5.69. The molecule has 1 rings (SSSR count). The summed E-state index contributed by atoms with van der Waals surface area (Å²) in [5, 5.41) is 3.64. The van der Waals surface area contributed by atoms with Crippen LogP contribution in [0.2, 0.25) is 0 Å². The van der Waals surface area contributed by atoms with E-state index in [1.54, 1.807) is 0 Å². The first kappa shape index (κ1) is 13.8. The Labute approximate surface area is 102 Å². The lowest BCUT2D eigenvalue weighted by Crippen LogP contribution is -2.30. The number of hydrogen-bond donors (Lipinski definition) is 1. The van der Waals surface area contributed by atoms with E-state index in [1.807, 2.05) is 0 Å². The van der Waals surface area contributed by atoms with E-state index in [2.05, 4.69) is 24.9 Å². The summed E-state index contributed by atoms with van der Waals surface area (Å²) in [5.41, 5.74) is 0. The van der Waals surface area contributed by atoms with Crippen molar-refractivity contribution >= 4 is 0 Å². The lowest BCUT2D eigenvalue weighted by atomic mass is 9.91. The van der Waals surface area contributed by atoms with Crippen LogP contribution in [0.1, 0.15) is 64.7 Å². The summed E-state index contributed by atoms with van der Waals surface area (Å²) in [6.45, 7) is 7.15. The molecule has 1 N–H and O–H groups in total. The van der Waals surface area contributed by atoms with Gasteiger partial charge in [0.1, 0.15) is 0 Å². The van der Waals surface area contributed by atoms with Gasteiger partial charge in [-0.2, -0.15) is 0 Å². The molecule has 0 bridgehead atoms. The smallest absolute Gasteiger partial charge is 0.00725 e. The quantitative estimate of drug-likeness (QED) is 0.501. The van der Waals surface area contributed by atoms with E-state index in [1.165, 1.54) is 51.4 Å². The van der Waals surface area contributed by atoms with Crippen molar-refractivity contribution in [1.29, 1.82) is 0 Å². The third-order valence-corrected chi connectivity index (χ3v) is 3.80. The summed E-state index contributed by atoms with van der Waals surface area (Å²) in [5.74, 6) is 0.983. The summed E-state index contributed by atoms with van der Waals surface area (Å²) >= 11 is 0. The van der Waals surface area contributed by atoms with Gasteiger partial charge in [0.05, 0.1) is 0 Å². The van der Waals surface area contributed by atoms with Crippen LogP contribution in [0.3, 0.4) is 0 Å². The van der Waals surface area contributed by atoms with E-state index in [0.29, 0.717) is 0 Å². The van der Waals surface area contributed by atoms with Gasteiger partial charge in [-0.15, -0.1) is 6.58 Å². The molecule has 1 unspecified atom stereocenters. The average molecular weight is 223 g/mol. The summed E-state index contributed by atoms with van der Waals surface area (Å²) in [6, 6.07) is 0.728. The van der Waals surface area contributed by atoms with Gasteiger partial charge >= 0.3 is 0 Å². The first-order chi connectivity index (χ1) is 7.86. The molecule has 1 aliphatic carbocycles. The second kappa shape index (κ2) is 8.81. The van der Waals surface area contributed by atoms with Gasteiger partial charge in [-0.1, -0.05) is 51.5 Å². The van der Waals surface area contributed by atoms with Gasteiger partial charge in [-0.3, -0.25) is 0 Å². The first-order valence-corrected chi connectivity index (χ1v) is 7.21. The van der Waals surface area contributed by atoms with Gasteiger partial charge in [0.25, 0.3) is 0 Å². The molecule has 1 fully saturated rings. The number of allylic oxidation sites excluding steroid dienone is 1. The molecule has 94 valence electrons. The van der Waals surface area contributed by atoms with Crippen molar-refractivity contribution < 1.29 is 0 Å². The van der Waals surface area contributed by atoms with Crippen molar-refractivity contribution in [3.8, 4) is 0 Å². The second-order valence-electron chi connectivity index (χ2n) is 5.21. The number of rotatable bonds is 7. The van der Waals surface area contributed by atoms with Crippen molar-refractivity contribution in [3.63, 3.8) is 0 Å². The normalized spacial score (nSPS) is 20.3. The van der Waals surface area contributed by atoms with Crippen LogP contribution in [0.25, 0.3) is 0 Å². The van der Waals surface area contributed by atoms with Gasteiger partial charge in [0, 0.05) is 6.04 Å². The van der Waals surface area contributed by atoms with Crippen LogP contribution in [-0.4, -0.2) is 12.6 Å². The molecule has 0 saturated heterocycles. The molecule has 1 heteroatoms. The molecule has 0 aromatic heterocycles. The van der Waals surface area contributed by atoms with E-state index < -0.39 is 0 Å². The third-order valence-electron chi connectivity index (χ3n) is 3.80. The molecule has 0 amide bonds. The average Bonchev–Trinajstić information content (AvgIpc) is 2.55. The monoisotopic (exact) mass is 223 g/mol. The number of hydrogen-bond acceptors (Lipinski definition) is 1. The zero-order valence-corrected chi connectivity index (χ0v) is 11.0. The van der Waals surface area contributed by atoms with Crippen molar-refractivity contribution in [2.45, 2.75) is 70.8 Å². The van der Waals surface area contributed by atoms with Crippen molar-refractivity contribution in [1.82, 2.24) is 5.32 Å². The molecule has 16 heavy (non-hydrogen) atoms. The lowest BCUT2D eigenvalue weighted by Gasteiger charge is -2.23. The predicted octanol–water partition coefficient (Wildman–Crippen LogP) is 4.29. The van der Waals surface area contributed by atoms with Gasteiger partial charge in [-0.25, -0.2) is 0 Å². The summed E-state index contributed by atoms with van der Waals surface area (Å²) in [7, 11) is 0. The maximum absolute atomic E-state index is 3.83. The van der Waals surface area contributed by atoms with Crippen LogP contribution in [-0.2, 0) is 0 Å². The Morgan fingerprint density at radius 3 is 2.50 bits per heavy atom. The fraction of sp³-hybridized carbons (Fsp3) is 0.867. The maximum atomic E-state index is 3.83. The largest absolute Gasteiger partial charge is 0.314 e. The van der Waals surface area contributed by atoms with Crippen LogP contribution in [0.15, 0.2) is 12.7 Å². The lowest BCUT2D eigenvalue weighted by molar-refractivity contribution is 0.344. The second-order valence-corrected chi connectivity index (χ2v) is 5.21. The van der Waals surface area contributed by atoms with Gasteiger partial charge in [0.15, 0.2) is 0 Å². The van der Waals surface area contributed by atoms with Gasteiger partial charge < -0.3 is 5.32 Å². The minimum absolute atomic E-state index is 0.728. The highest BCUT2D eigenvalue weighted by Gasteiger charge is 2.16. The summed E-state index contributed by atoms with van der Waals surface area (Å²) < 4.78 is 0. The molecule has 0 spiro atoms. The van der Waals surface area contributed by atoms with Crippen molar-refractivity contribution in [2.24, 2.45) is 5.92 Å². The Balaban J connectivity index is 2.29. The molecule has 0 radical (unpaired) electrons. The maximum Gasteiger partial charge on any atom is 0.00725 e. The van der Waals surface area contributed by atoms with Crippen molar-refractivity contribution in [2.75, 3.05) is 6.54 Å². The van der Waals surface area contributed by atoms with E-state index >= 15 is 0 Å². The Morgan fingerprint density at radius 2 is 1.94 bits per heavy atom. The minimum atomic E-state index is 0.728. The van der Waals surface area contributed by atoms with Gasteiger partial charge in [0.2, 0.25) is 0 Å². The zero-order chi connectivity index (χ0) is 11.6. The molecule has 0 heterocycles. The highest BCUT2D eigenvalue weighted by Crippen LogP contribution is 2.27. The molecule has 1 nitrogen and oxygen atoms in total. The predicted molar refractivity (Wildman–Crippen MR) is 72.7 cm³/mol. The SMILES string of the molecule is C=CCCC(CC1CCCCCC1)NCC. The van der Waals surface area contributed by atoms with E-state index in [0.717, 1.165) is 24.9 Å². The van der Waals surface area contributed by atoms with Crippen LogP contribution >= 0.6 is 0 Å². The molecular formula is C15H29N. The fourth-order valence-corrected chi connectivity index (χ4v) is 2.91. The van der Waals surface area contributed by atoms with Crippen molar-refractivity contribution in [3.05, 3.63) is 12.7 Å². The molecule has 1 atom stereocenters. The Kier molecular flexibility index (Phi) is 7.58. The highest BCUT2D eigenvalue weighted by atomic mass is 14.9.